The second kappa shape index (κ2) is 12.5. The minimum Gasteiger partial charge on any atom is -0.492 e. The molecule has 1 amide bonds. The predicted octanol–water partition coefficient (Wildman–Crippen LogP) is 4.51. The summed E-state index contributed by atoms with van der Waals surface area (Å²) in [7, 11) is -3.51. The van der Waals surface area contributed by atoms with Crippen molar-refractivity contribution in [2.24, 2.45) is 0 Å². The number of carbonyl (C=O) groups is 1. The highest BCUT2D eigenvalue weighted by atomic mass is 32.2. The van der Waals surface area contributed by atoms with Crippen LogP contribution in [0.15, 0.2) is 83.8 Å². The smallest absolute Gasteiger partial charge is 0.270 e. The van der Waals surface area contributed by atoms with Crippen LogP contribution in [0.5, 0.6) is 5.75 Å². The summed E-state index contributed by atoms with van der Waals surface area (Å²) >= 11 is 0. The van der Waals surface area contributed by atoms with Crippen LogP contribution in [-0.2, 0) is 14.8 Å². The fourth-order valence-electron chi connectivity index (χ4n) is 4.18. The van der Waals surface area contributed by atoms with E-state index in [2.05, 4.69) is 5.32 Å². The fraction of sp³-hybridized carbons (Fsp3) is 0.250. The van der Waals surface area contributed by atoms with Crippen molar-refractivity contribution in [3.05, 3.63) is 100 Å². The van der Waals surface area contributed by atoms with Crippen molar-refractivity contribution in [3.63, 3.8) is 0 Å². The number of carbonyl (C=O) groups excluding carboxylic acids is 1. The van der Waals surface area contributed by atoms with E-state index in [4.69, 9.17) is 4.74 Å². The summed E-state index contributed by atoms with van der Waals surface area (Å²) in [4.78, 5) is 23.9. The average Bonchev–Trinajstić information content (AvgIpc) is 2.95. The quantitative estimate of drug-likeness (QED) is 0.134. The first-order valence-corrected chi connectivity index (χ1v) is 13.8. The highest BCUT2D eigenvalue weighted by Gasteiger charge is 2.25. The number of nitro groups is 1. The summed E-state index contributed by atoms with van der Waals surface area (Å²) in [5.74, 6) is 0.140. The van der Waals surface area contributed by atoms with Crippen molar-refractivity contribution in [1.29, 1.82) is 0 Å². The molecule has 1 aliphatic rings. The van der Waals surface area contributed by atoms with Gasteiger partial charge in [-0.2, -0.15) is 4.31 Å². The van der Waals surface area contributed by atoms with E-state index in [1.54, 1.807) is 42.5 Å². The third-order valence-electron chi connectivity index (χ3n) is 6.15. The Hall–Kier alpha value is -4.02. The topological polar surface area (TPSA) is 119 Å². The standard InChI is InChI=1S/C28H29N3O6S/c32-28(27(23-9-3-1-4-10-23)21-22-8-7-11-24(20-22)31(33)34)29-16-19-37-25-12-14-26(15-13-25)38(35,36)30-17-5-2-6-18-30/h1,3-4,7-15,20-21H,2,5-6,16-19H2,(H,29,32)/b27-21+. The molecular formula is C28H29N3O6S. The summed E-state index contributed by atoms with van der Waals surface area (Å²) in [5.41, 5.74) is 1.50. The Balaban J connectivity index is 1.37. The van der Waals surface area contributed by atoms with Gasteiger partial charge in [-0.1, -0.05) is 48.9 Å². The van der Waals surface area contributed by atoms with Gasteiger partial charge in [0.05, 0.1) is 16.4 Å². The number of rotatable bonds is 10. The molecule has 0 saturated carbocycles. The van der Waals surface area contributed by atoms with Gasteiger partial charge in [0.2, 0.25) is 10.0 Å². The molecular weight excluding hydrogens is 506 g/mol. The SMILES string of the molecule is O=C(NCCOc1ccc(S(=O)(=O)N2CCCCC2)cc1)/C(=C/c1cccc([N+](=O)[O-])c1)c1ccccc1. The van der Waals surface area contributed by atoms with Crippen LogP contribution in [-0.4, -0.2) is 49.8 Å². The normalized spacial score (nSPS) is 14.6. The third kappa shape index (κ3) is 6.84. The largest absolute Gasteiger partial charge is 0.492 e. The molecule has 1 heterocycles. The van der Waals surface area contributed by atoms with E-state index in [0.717, 1.165) is 19.3 Å². The number of non-ortho nitro benzene ring substituents is 1. The molecule has 0 bridgehead atoms. The van der Waals surface area contributed by atoms with Crippen molar-refractivity contribution >= 4 is 33.3 Å². The minimum absolute atomic E-state index is 0.0604. The molecule has 0 atom stereocenters. The van der Waals surface area contributed by atoms with Crippen molar-refractivity contribution < 1.29 is 22.9 Å². The van der Waals surface area contributed by atoms with Gasteiger partial charge in [0, 0.05) is 30.8 Å². The second-order valence-electron chi connectivity index (χ2n) is 8.82. The molecule has 4 rings (SSSR count). The number of nitrogens with zero attached hydrogens (tertiary/aromatic N) is 2. The molecule has 1 aliphatic heterocycles. The first kappa shape index (κ1) is 27.0. The van der Waals surface area contributed by atoms with E-state index in [0.29, 0.717) is 35.5 Å². The maximum atomic E-state index is 13.0. The van der Waals surface area contributed by atoms with Crippen molar-refractivity contribution in [2.75, 3.05) is 26.2 Å². The molecule has 3 aromatic carbocycles. The van der Waals surface area contributed by atoms with Crippen LogP contribution in [0.25, 0.3) is 11.6 Å². The average molecular weight is 536 g/mol. The number of hydrogen-bond donors (Lipinski definition) is 1. The zero-order valence-corrected chi connectivity index (χ0v) is 21.6. The summed E-state index contributed by atoms with van der Waals surface area (Å²) in [6.45, 7) is 1.45. The van der Waals surface area contributed by atoms with E-state index in [1.807, 2.05) is 18.2 Å². The summed E-state index contributed by atoms with van der Waals surface area (Å²) in [5, 5.41) is 14.0. The first-order chi connectivity index (χ1) is 18.3. The molecule has 0 radical (unpaired) electrons. The van der Waals surface area contributed by atoms with Gasteiger partial charge in [-0.15, -0.1) is 0 Å². The molecule has 10 heteroatoms. The molecule has 3 aromatic rings. The van der Waals surface area contributed by atoms with Crippen LogP contribution in [0.1, 0.15) is 30.4 Å². The van der Waals surface area contributed by atoms with E-state index in [-0.39, 0.29) is 29.6 Å². The van der Waals surface area contributed by atoms with Gasteiger partial charge < -0.3 is 10.1 Å². The number of benzene rings is 3. The highest BCUT2D eigenvalue weighted by Crippen LogP contribution is 2.23. The maximum absolute atomic E-state index is 13.0. The lowest BCUT2D eigenvalue weighted by Gasteiger charge is -2.25. The fourth-order valence-corrected chi connectivity index (χ4v) is 5.70. The Kier molecular flexibility index (Phi) is 8.88. The van der Waals surface area contributed by atoms with Crippen LogP contribution in [0.3, 0.4) is 0 Å². The van der Waals surface area contributed by atoms with Gasteiger partial charge in [-0.3, -0.25) is 14.9 Å². The third-order valence-corrected chi connectivity index (χ3v) is 8.07. The monoisotopic (exact) mass is 535 g/mol. The van der Waals surface area contributed by atoms with Crippen LogP contribution in [0.2, 0.25) is 0 Å². The first-order valence-electron chi connectivity index (χ1n) is 12.4. The van der Waals surface area contributed by atoms with Crippen LogP contribution in [0, 0.1) is 10.1 Å². The number of hydrogen-bond acceptors (Lipinski definition) is 6. The van der Waals surface area contributed by atoms with Gasteiger partial charge in [-0.05, 0) is 54.3 Å². The zero-order chi connectivity index (χ0) is 27.0. The summed E-state index contributed by atoms with van der Waals surface area (Å²) in [6.07, 6.45) is 4.41. The molecule has 0 aliphatic carbocycles. The van der Waals surface area contributed by atoms with Gasteiger partial charge >= 0.3 is 0 Å². The lowest BCUT2D eigenvalue weighted by molar-refractivity contribution is -0.384. The molecule has 0 unspecified atom stereocenters. The Labute approximate surface area is 221 Å². The van der Waals surface area contributed by atoms with Gasteiger partial charge in [0.1, 0.15) is 12.4 Å². The number of piperidine rings is 1. The van der Waals surface area contributed by atoms with Crippen molar-refractivity contribution in [1.82, 2.24) is 9.62 Å². The molecule has 1 saturated heterocycles. The van der Waals surface area contributed by atoms with E-state index in [1.165, 1.54) is 28.6 Å². The molecule has 38 heavy (non-hydrogen) atoms. The van der Waals surface area contributed by atoms with Gasteiger partial charge in [0.25, 0.3) is 11.6 Å². The lowest BCUT2D eigenvalue weighted by atomic mass is 10.0. The number of nitro benzene ring substituents is 1. The Morgan fingerprint density at radius 2 is 1.68 bits per heavy atom. The Morgan fingerprint density at radius 1 is 0.974 bits per heavy atom. The summed E-state index contributed by atoms with van der Waals surface area (Å²) in [6, 6.07) is 21.4. The molecule has 198 valence electrons. The van der Waals surface area contributed by atoms with Crippen LogP contribution < -0.4 is 10.1 Å². The number of nitrogens with one attached hydrogen (secondary N) is 1. The summed E-state index contributed by atoms with van der Waals surface area (Å²) < 4.78 is 32.8. The zero-order valence-electron chi connectivity index (χ0n) is 20.8. The van der Waals surface area contributed by atoms with Crippen LogP contribution in [0.4, 0.5) is 5.69 Å². The second-order valence-corrected chi connectivity index (χ2v) is 10.8. The lowest BCUT2D eigenvalue weighted by Crippen LogP contribution is -2.35. The van der Waals surface area contributed by atoms with Gasteiger partial charge in [0.15, 0.2) is 0 Å². The number of sulfonamides is 1. The molecule has 9 nitrogen and oxygen atoms in total. The van der Waals surface area contributed by atoms with E-state index in [9.17, 15) is 23.3 Å². The molecule has 1 N–H and O–H groups in total. The minimum atomic E-state index is -3.51. The number of ether oxygens (including phenoxy) is 1. The van der Waals surface area contributed by atoms with Gasteiger partial charge in [-0.25, -0.2) is 8.42 Å². The predicted molar refractivity (Wildman–Crippen MR) is 145 cm³/mol. The molecule has 1 fully saturated rings. The van der Waals surface area contributed by atoms with E-state index >= 15 is 0 Å². The molecule has 0 aromatic heterocycles. The van der Waals surface area contributed by atoms with E-state index < -0.39 is 14.9 Å². The Morgan fingerprint density at radius 3 is 2.37 bits per heavy atom. The van der Waals surface area contributed by atoms with Crippen LogP contribution >= 0.6 is 0 Å². The molecule has 0 spiro atoms. The Bertz CT molecular complexity index is 1400. The van der Waals surface area contributed by atoms with Crippen molar-refractivity contribution in [3.8, 4) is 5.75 Å². The maximum Gasteiger partial charge on any atom is 0.270 e. The van der Waals surface area contributed by atoms with Crippen molar-refractivity contribution in [2.45, 2.75) is 24.2 Å². The highest BCUT2D eigenvalue weighted by molar-refractivity contribution is 7.89. The number of amides is 1.